The minimum absolute atomic E-state index is 0.655. The predicted octanol–water partition coefficient (Wildman–Crippen LogP) is 3.25. The Hall–Kier alpha value is -1.52. The normalized spacial score (nSPS) is 12.1. The van der Waals surface area contributed by atoms with Gasteiger partial charge in [0.2, 0.25) is 0 Å². The molecule has 1 heteroatoms. The summed E-state index contributed by atoms with van der Waals surface area (Å²) in [5.41, 5.74) is 1.08. The van der Waals surface area contributed by atoms with Gasteiger partial charge in [0.15, 0.2) is 0 Å². The van der Waals surface area contributed by atoms with Crippen LogP contribution in [-0.2, 0) is 0 Å². The molecule has 0 spiro atoms. The quantitative estimate of drug-likeness (QED) is 0.602. The van der Waals surface area contributed by atoms with Gasteiger partial charge in [-0.15, -0.1) is 5.92 Å². The van der Waals surface area contributed by atoms with Gasteiger partial charge in [0, 0.05) is 6.42 Å². The fourth-order valence-electron chi connectivity index (χ4n) is 1.26. The van der Waals surface area contributed by atoms with Gasteiger partial charge < -0.3 is 5.11 Å². The van der Waals surface area contributed by atoms with Crippen molar-refractivity contribution in [1.29, 1.82) is 0 Å². The van der Waals surface area contributed by atoms with E-state index in [4.69, 9.17) is 0 Å². The number of benzene rings is 1. The maximum absolute atomic E-state index is 9.55. The Morgan fingerprint density at radius 1 is 1.31 bits per heavy atom. The van der Waals surface area contributed by atoms with Gasteiger partial charge in [0.1, 0.15) is 6.10 Å². The molecule has 0 saturated carbocycles. The Morgan fingerprint density at radius 2 is 2.06 bits per heavy atom. The van der Waals surface area contributed by atoms with E-state index in [1.54, 1.807) is 6.08 Å². The molecule has 1 rings (SSSR count). The summed E-state index contributed by atoms with van der Waals surface area (Å²) in [6.45, 7) is 2.13. The third-order valence-corrected chi connectivity index (χ3v) is 2.18. The molecule has 16 heavy (non-hydrogen) atoms. The van der Waals surface area contributed by atoms with E-state index in [0.717, 1.165) is 24.8 Å². The lowest BCUT2D eigenvalue weighted by molar-refractivity contribution is 0.281. The summed E-state index contributed by atoms with van der Waals surface area (Å²) in [7, 11) is 0. The molecule has 0 aromatic heterocycles. The highest BCUT2D eigenvalue weighted by Gasteiger charge is 1.90. The van der Waals surface area contributed by atoms with Crippen LogP contribution in [0.3, 0.4) is 0 Å². The van der Waals surface area contributed by atoms with Crippen molar-refractivity contribution in [2.24, 2.45) is 0 Å². The van der Waals surface area contributed by atoms with E-state index in [0.29, 0.717) is 0 Å². The molecular weight excluding hydrogens is 196 g/mol. The molecule has 1 aromatic carbocycles. The van der Waals surface area contributed by atoms with Crippen molar-refractivity contribution in [3.63, 3.8) is 0 Å². The minimum atomic E-state index is -0.655. The van der Waals surface area contributed by atoms with Gasteiger partial charge in [-0.25, -0.2) is 0 Å². The number of aliphatic hydroxyl groups excluding tert-OH is 1. The van der Waals surface area contributed by atoms with Crippen molar-refractivity contribution in [3.8, 4) is 11.8 Å². The number of unbranched alkanes of at least 4 members (excludes halogenated alkanes) is 2. The van der Waals surface area contributed by atoms with Crippen LogP contribution in [-0.4, -0.2) is 11.2 Å². The number of rotatable bonds is 4. The second-order valence-electron chi connectivity index (χ2n) is 3.64. The smallest absolute Gasteiger partial charge is 0.133 e. The molecule has 1 N–H and O–H groups in total. The molecule has 0 aliphatic rings. The second-order valence-corrected chi connectivity index (χ2v) is 3.64. The maximum atomic E-state index is 9.55. The van der Waals surface area contributed by atoms with E-state index >= 15 is 0 Å². The first kappa shape index (κ1) is 12.5. The average molecular weight is 214 g/mol. The van der Waals surface area contributed by atoms with E-state index in [9.17, 15) is 5.11 Å². The molecule has 0 saturated heterocycles. The molecular formula is C15H18O. The second kappa shape index (κ2) is 7.73. The molecule has 1 unspecified atom stereocenters. The van der Waals surface area contributed by atoms with E-state index in [1.165, 1.54) is 0 Å². The summed E-state index contributed by atoms with van der Waals surface area (Å²) >= 11 is 0. The summed E-state index contributed by atoms with van der Waals surface area (Å²) in [6.07, 6.45) is 6.06. The molecule has 1 atom stereocenters. The van der Waals surface area contributed by atoms with E-state index in [2.05, 4.69) is 18.8 Å². The largest absolute Gasteiger partial charge is 0.377 e. The van der Waals surface area contributed by atoms with E-state index in [1.807, 2.05) is 36.4 Å². The molecule has 0 amide bonds. The average Bonchev–Trinajstić information content (AvgIpc) is 2.33. The van der Waals surface area contributed by atoms with Crippen LogP contribution in [0.25, 0.3) is 6.08 Å². The number of aliphatic hydroxyl groups is 1. The van der Waals surface area contributed by atoms with Crippen LogP contribution in [0.2, 0.25) is 0 Å². The van der Waals surface area contributed by atoms with Crippen molar-refractivity contribution in [2.75, 3.05) is 0 Å². The fraction of sp³-hybridized carbons (Fsp3) is 0.333. The van der Waals surface area contributed by atoms with Crippen molar-refractivity contribution in [2.45, 2.75) is 32.3 Å². The van der Waals surface area contributed by atoms with Crippen LogP contribution in [0.5, 0.6) is 0 Å². The molecule has 1 aromatic rings. The lowest BCUT2D eigenvalue weighted by Gasteiger charge is -1.94. The zero-order chi connectivity index (χ0) is 11.6. The SMILES string of the molecule is CCCCC#CC(O)/C=C/c1ccccc1. The molecule has 1 nitrogen and oxygen atoms in total. The topological polar surface area (TPSA) is 20.2 Å². The summed E-state index contributed by atoms with van der Waals surface area (Å²) in [5, 5.41) is 9.55. The van der Waals surface area contributed by atoms with Gasteiger partial charge in [0.05, 0.1) is 0 Å². The van der Waals surface area contributed by atoms with Crippen molar-refractivity contribution < 1.29 is 5.11 Å². The zero-order valence-corrected chi connectivity index (χ0v) is 9.69. The van der Waals surface area contributed by atoms with Crippen molar-refractivity contribution >= 4 is 6.08 Å². The Labute approximate surface area is 97.8 Å². The van der Waals surface area contributed by atoms with Crippen molar-refractivity contribution in [3.05, 3.63) is 42.0 Å². The third kappa shape index (κ3) is 5.38. The molecule has 0 fully saturated rings. The van der Waals surface area contributed by atoms with Crippen LogP contribution in [0.15, 0.2) is 36.4 Å². The molecule has 0 aliphatic carbocycles. The van der Waals surface area contributed by atoms with E-state index < -0.39 is 6.10 Å². The fourth-order valence-corrected chi connectivity index (χ4v) is 1.26. The standard InChI is InChI=1S/C15H18O/c1-2-3-4-8-11-15(16)13-12-14-9-6-5-7-10-14/h5-7,9-10,12-13,15-16H,2-4H2,1H3/b13-12+. The zero-order valence-electron chi connectivity index (χ0n) is 9.69. The third-order valence-electron chi connectivity index (χ3n) is 2.18. The summed E-state index contributed by atoms with van der Waals surface area (Å²) in [5.74, 6) is 5.78. The van der Waals surface area contributed by atoms with Crippen LogP contribution in [0.4, 0.5) is 0 Å². The first-order chi connectivity index (χ1) is 7.83. The highest BCUT2D eigenvalue weighted by atomic mass is 16.3. The van der Waals surface area contributed by atoms with Gasteiger partial charge in [-0.1, -0.05) is 55.7 Å². The van der Waals surface area contributed by atoms with Crippen LogP contribution in [0, 0.1) is 11.8 Å². The van der Waals surface area contributed by atoms with Crippen LogP contribution < -0.4 is 0 Å². The van der Waals surface area contributed by atoms with Gasteiger partial charge in [0.25, 0.3) is 0 Å². The highest BCUT2D eigenvalue weighted by Crippen LogP contribution is 2.01. The molecule has 0 radical (unpaired) electrons. The Kier molecular flexibility index (Phi) is 6.06. The number of hydrogen-bond donors (Lipinski definition) is 1. The highest BCUT2D eigenvalue weighted by molar-refractivity contribution is 5.50. The summed E-state index contributed by atoms with van der Waals surface area (Å²) < 4.78 is 0. The minimum Gasteiger partial charge on any atom is -0.377 e. The Morgan fingerprint density at radius 3 is 2.75 bits per heavy atom. The summed E-state index contributed by atoms with van der Waals surface area (Å²) in [4.78, 5) is 0. The van der Waals surface area contributed by atoms with Gasteiger partial charge in [-0.05, 0) is 18.1 Å². The van der Waals surface area contributed by atoms with Gasteiger partial charge in [-0.3, -0.25) is 0 Å². The lowest BCUT2D eigenvalue weighted by atomic mass is 10.2. The maximum Gasteiger partial charge on any atom is 0.133 e. The lowest BCUT2D eigenvalue weighted by Crippen LogP contribution is -1.96. The molecule has 0 aliphatic heterocycles. The number of hydrogen-bond acceptors (Lipinski definition) is 1. The predicted molar refractivity (Wildman–Crippen MR) is 68.8 cm³/mol. The van der Waals surface area contributed by atoms with Gasteiger partial charge in [-0.2, -0.15) is 0 Å². The first-order valence-corrected chi connectivity index (χ1v) is 5.72. The molecule has 0 heterocycles. The van der Waals surface area contributed by atoms with Crippen LogP contribution in [0.1, 0.15) is 31.7 Å². The van der Waals surface area contributed by atoms with Crippen LogP contribution >= 0.6 is 0 Å². The summed E-state index contributed by atoms with van der Waals surface area (Å²) in [6, 6.07) is 9.90. The van der Waals surface area contributed by atoms with E-state index in [-0.39, 0.29) is 0 Å². The Bertz CT molecular complexity index is 367. The molecule has 84 valence electrons. The van der Waals surface area contributed by atoms with Crippen molar-refractivity contribution in [1.82, 2.24) is 0 Å². The first-order valence-electron chi connectivity index (χ1n) is 5.72. The monoisotopic (exact) mass is 214 g/mol. The Balaban J connectivity index is 2.41. The van der Waals surface area contributed by atoms with Gasteiger partial charge >= 0.3 is 0 Å². The molecule has 0 bridgehead atoms.